The van der Waals surface area contributed by atoms with Crippen molar-refractivity contribution in [1.29, 1.82) is 0 Å². The van der Waals surface area contributed by atoms with E-state index in [-0.39, 0.29) is 17.9 Å². The molecule has 16 heavy (non-hydrogen) atoms. The van der Waals surface area contributed by atoms with Crippen molar-refractivity contribution in [1.82, 2.24) is 0 Å². The molecule has 0 saturated heterocycles. The Kier molecular flexibility index (Phi) is 4.86. The van der Waals surface area contributed by atoms with E-state index in [9.17, 15) is 9.59 Å². The highest BCUT2D eigenvalue weighted by atomic mass is 79.9. The van der Waals surface area contributed by atoms with Gasteiger partial charge in [-0.15, -0.1) is 0 Å². The highest BCUT2D eigenvalue weighted by Crippen LogP contribution is 2.33. The zero-order valence-electron chi connectivity index (χ0n) is 8.29. The largest absolute Gasteiger partial charge is 0.462 e. The molecule has 0 spiro atoms. The number of esters is 1. The highest BCUT2D eigenvalue weighted by molar-refractivity contribution is 9.11. The Morgan fingerprint density at radius 1 is 1.50 bits per heavy atom. The predicted molar refractivity (Wildman–Crippen MR) is 65.6 cm³/mol. The van der Waals surface area contributed by atoms with Crippen LogP contribution in [-0.4, -0.2) is 18.7 Å². The number of isocyanates is 1. The summed E-state index contributed by atoms with van der Waals surface area (Å²) in [4.78, 5) is 25.3. The first-order valence-electron chi connectivity index (χ1n) is 4.34. The molecular weight excluding hydrogens is 342 g/mol. The van der Waals surface area contributed by atoms with Crippen LogP contribution < -0.4 is 0 Å². The van der Waals surface area contributed by atoms with E-state index >= 15 is 0 Å². The average Bonchev–Trinajstić information content (AvgIpc) is 2.22. The van der Waals surface area contributed by atoms with Crippen molar-refractivity contribution in [3.05, 3.63) is 26.6 Å². The molecule has 6 heteroatoms. The maximum absolute atomic E-state index is 11.6. The summed E-state index contributed by atoms with van der Waals surface area (Å²) in [5, 5.41) is 0. The number of aliphatic imine (C=N–C) groups is 1. The molecule has 84 valence electrons. The lowest BCUT2D eigenvalue weighted by Crippen LogP contribution is -2.05. The molecule has 0 unspecified atom stereocenters. The fourth-order valence-electron chi connectivity index (χ4n) is 1.09. The highest BCUT2D eigenvalue weighted by Gasteiger charge is 2.16. The van der Waals surface area contributed by atoms with Gasteiger partial charge in [0.15, 0.2) is 0 Å². The van der Waals surface area contributed by atoms with Gasteiger partial charge in [0.1, 0.15) is 5.69 Å². The first kappa shape index (κ1) is 13.1. The van der Waals surface area contributed by atoms with Crippen LogP contribution in [0.25, 0.3) is 0 Å². The molecule has 0 heterocycles. The van der Waals surface area contributed by atoms with Crippen molar-refractivity contribution in [3.8, 4) is 0 Å². The molecule has 4 nitrogen and oxygen atoms in total. The maximum atomic E-state index is 11.6. The lowest BCUT2D eigenvalue weighted by atomic mass is 10.2. The van der Waals surface area contributed by atoms with Gasteiger partial charge in [-0.2, -0.15) is 4.99 Å². The zero-order chi connectivity index (χ0) is 12.1. The summed E-state index contributed by atoms with van der Waals surface area (Å²) in [6.45, 7) is 1.96. The number of ether oxygens (including phenoxy) is 1. The van der Waals surface area contributed by atoms with Gasteiger partial charge >= 0.3 is 5.97 Å². The number of nitrogens with zero attached hydrogens (tertiary/aromatic N) is 1. The molecule has 0 bridgehead atoms. The Labute approximate surface area is 109 Å². The van der Waals surface area contributed by atoms with Crippen LogP contribution in [0.5, 0.6) is 0 Å². The Bertz CT molecular complexity index is 467. The summed E-state index contributed by atoms with van der Waals surface area (Å²) in [6, 6.07) is 3.22. The van der Waals surface area contributed by atoms with E-state index in [0.29, 0.717) is 8.95 Å². The van der Waals surface area contributed by atoms with E-state index in [2.05, 4.69) is 36.9 Å². The first-order chi connectivity index (χ1) is 7.60. The number of hydrogen-bond acceptors (Lipinski definition) is 4. The molecule has 0 saturated carbocycles. The minimum absolute atomic E-state index is 0.214. The van der Waals surface area contributed by atoms with Crippen LogP contribution in [0.4, 0.5) is 5.69 Å². The van der Waals surface area contributed by atoms with Gasteiger partial charge in [-0.25, -0.2) is 9.59 Å². The van der Waals surface area contributed by atoms with E-state index in [1.54, 1.807) is 19.1 Å². The molecule has 1 aromatic rings. The Morgan fingerprint density at radius 3 is 2.75 bits per heavy atom. The van der Waals surface area contributed by atoms with E-state index in [1.807, 2.05) is 0 Å². The quantitative estimate of drug-likeness (QED) is 0.478. The van der Waals surface area contributed by atoms with E-state index in [4.69, 9.17) is 4.74 Å². The second-order valence-electron chi connectivity index (χ2n) is 2.71. The van der Waals surface area contributed by atoms with Crippen molar-refractivity contribution in [2.24, 2.45) is 4.99 Å². The van der Waals surface area contributed by atoms with Gasteiger partial charge in [-0.05, 0) is 35.0 Å². The van der Waals surface area contributed by atoms with Gasteiger partial charge in [0.25, 0.3) is 0 Å². The van der Waals surface area contributed by atoms with Crippen molar-refractivity contribution >= 4 is 49.6 Å². The Hall–Kier alpha value is -0.970. The molecule has 0 aliphatic carbocycles. The number of halogens is 2. The number of benzene rings is 1. The van der Waals surface area contributed by atoms with E-state index in [1.165, 1.54) is 6.08 Å². The third kappa shape index (κ3) is 3.01. The molecule has 1 rings (SSSR count). The standard InChI is InChI=1S/C10H7Br2NO3/c1-2-16-10(15)7-3-6(11)4-8(12)9(7)13-5-14/h3-4H,2H2,1H3. The van der Waals surface area contributed by atoms with Crippen LogP contribution in [0.1, 0.15) is 17.3 Å². The molecular formula is C10H7Br2NO3. The lowest BCUT2D eigenvalue weighted by molar-refractivity contribution is 0.0527. The monoisotopic (exact) mass is 347 g/mol. The average molecular weight is 349 g/mol. The second kappa shape index (κ2) is 5.94. The normalized spacial score (nSPS) is 9.44. The Balaban J connectivity index is 3.34. The Morgan fingerprint density at radius 2 is 2.19 bits per heavy atom. The molecule has 0 aliphatic rings. The van der Waals surface area contributed by atoms with Crippen LogP contribution in [0.15, 0.2) is 26.1 Å². The van der Waals surface area contributed by atoms with Crippen LogP contribution in [0.3, 0.4) is 0 Å². The van der Waals surface area contributed by atoms with Gasteiger partial charge in [0.2, 0.25) is 6.08 Å². The third-order valence-corrected chi connectivity index (χ3v) is 2.74. The molecule has 0 N–H and O–H groups in total. The summed E-state index contributed by atoms with van der Waals surface area (Å²) in [5.41, 5.74) is 0.433. The van der Waals surface area contributed by atoms with E-state index in [0.717, 1.165) is 0 Å². The van der Waals surface area contributed by atoms with Crippen molar-refractivity contribution in [2.45, 2.75) is 6.92 Å². The summed E-state index contributed by atoms with van der Waals surface area (Å²) in [5.74, 6) is -0.529. The zero-order valence-corrected chi connectivity index (χ0v) is 11.5. The fraction of sp³-hybridized carbons (Fsp3) is 0.200. The predicted octanol–water partition coefficient (Wildman–Crippen LogP) is 3.36. The molecule has 0 aliphatic heterocycles. The smallest absolute Gasteiger partial charge is 0.340 e. The lowest BCUT2D eigenvalue weighted by Gasteiger charge is -2.06. The number of hydrogen-bond donors (Lipinski definition) is 0. The van der Waals surface area contributed by atoms with Gasteiger partial charge in [-0.3, -0.25) is 0 Å². The van der Waals surface area contributed by atoms with Crippen LogP contribution >= 0.6 is 31.9 Å². The second-order valence-corrected chi connectivity index (χ2v) is 4.48. The van der Waals surface area contributed by atoms with E-state index < -0.39 is 5.97 Å². The van der Waals surface area contributed by atoms with Crippen molar-refractivity contribution in [2.75, 3.05) is 6.61 Å². The third-order valence-electron chi connectivity index (χ3n) is 1.68. The van der Waals surface area contributed by atoms with Gasteiger partial charge < -0.3 is 4.74 Å². The van der Waals surface area contributed by atoms with Crippen molar-refractivity contribution < 1.29 is 14.3 Å². The molecule has 1 aromatic carbocycles. The molecule has 0 amide bonds. The minimum atomic E-state index is -0.529. The van der Waals surface area contributed by atoms with Crippen LogP contribution in [0, 0.1) is 0 Å². The molecule has 0 radical (unpaired) electrons. The van der Waals surface area contributed by atoms with Gasteiger partial charge in [0, 0.05) is 8.95 Å². The van der Waals surface area contributed by atoms with Crippen molar-refractivity contribution in [3.63, 3.8) is 0 Å². The van der Waals surface area contributed by atoms with Gasteiger partial charge in [-0.1, -0.05) is 15.9 Å². The van der Waals surface area contributed by atoms with Crippen LogP contribution in [-0.2, 0) is 9.53 Å². The minimum Gasteiger partial charge on any atom is -0.462 e. The summed E-state index contributed by atoms with van der Waals surface area (Å²) in [7, 11) is 0. The summed E-state index contributed by atoms with van der Waals surface area (Å²) in [6.07, 6.45) is 1.40. The number of carbonyl (C=O) groups is 1. The summed E-state index contributed by atoms with van der Waals surface area (Å²) >= 11 is 6.45. The van der Waals surface area contributed by atoms with Gasteiger partial charge in [0.05, 0.1) is 12.2 Å². The first-order valence-corrected chi connectivity index (χ1v) is 5.92. The number of rotatable bonds is 3. The summed E-state index contributed by atoms with van der Waals surface area (Å²) < 4.78 is 6.06. The fourth-order valence-corrected chi connectivity index (χ4v) is 2.40. The topological polar surface area (TPSA) is 55.7 Å². The molecule has 0 aromatic heterocycles. The SMILES string of the molecule is CCOC(=O)c1cc(Br)cc(Br)c1N=C=O. The maximum Gasteiger partial charge on any atom is 0.340 e. The molecule has 0 atom stereocenters. The molecule has 0 fully saturated rings. The number of carbonyl (C=O) groups excluding carboxylic acids is 2. The van der Waals surface area contributed by atoms with Crippen LogP contribution in [0.2, 0.25) is 0 Å².